The first-order valence-corrected chi connectivity index (χ1v) is 9.93. The topological polar surface area (TPSA) is 74.8 Å². The predicted octanol–water partition coefficient (Wildman–Crippen LogP) is 3.92. The number of nitriles is 1. The summed E-state index contributed by atoms with van der Waals surface area (Å²) < 4.78 is 1.93. The van der Waals surface area contributed by atoms with Crippen LogP contribution in [0.5, 0.6) is 0 Å². The molecule has 0 spiro atoms. The van der Waals surface area contributed by atoms with E-state index in [0.717, 1.165) is 22.8 Å². The summed E-state index contributed by atoms with van der Waals surface area (Å²) >= 11 is 1.35. The Kier molecular flexibility index (Phi) is 6.45. The fourth-order valence-electron chi connectivity index (χ4n) is 2.80. The lowest BCUT2D eigenvalue weighted by Gasteiger charge is -2.22. The minimum atomic E-state index is -0.0654. The Hall–Kier alpha value is -3.11. The summed E-state index contributed by atoms with van der Waals surface area (Å²) in [7, 11) is 0. The molecule has 1 aromatic heterocycles. The number of aromatic nitrogens is 3. The van der Waals surface area contributed by atoms with Crippen molar-refractivity contribution >= 4 is 23.4 Å². The molecule has 28 heavy (non-hydrogen) atoms. The molecule has 0 aliphatic rings. The quantitative estimate of drug-likeness (QED) is 0.571. The van der Waals surface area contributed by atoms with Gasteiger partial charge in [-0.25, -0.2) is 0 Å². The summed E-state index contributed by atoms with van der Waals surface area (Å²) in [6, 6.07) is 19.7. The first-order chi connectivity index (χ1) is 13.6. The number of benzene rings is 2. The van der Waals surface area contributed by atoms with Crippen molar-refractivity contribution in [3.05, 3.63) is 66.0 Å². The van der Waals surface area contributed by atoms with Crippen LogP contribution in [0.25, 0.3) is 5.69 Å². The lowest BCUT2D eigenvalue weighted by Crippen LogP contribution is -2.33. The van der Waals surface area contributed by atoms with E-state index >= 15 is 0 Å². The Bertz CT molecular complexity index is 976. The highest BCUT2D eigenvalue weighted by molar-refractivity contribution is 7.99. The molecule has 6 nitrogen and oxygen atoms in total. The maximum atomic E-state index is 12.9. The van der Waals surface area contributed by atoms with E-state index in [0.29, 0.717) is 11.7 Å². The smallest absolute Gasteiger partial charge is 0.237 e. The van der Waals surface area contributed by atoms with E-state index < -0.39 is 0 Å². The van der Waals surface area contributed by atoms with Crippen LogP contribution in [-0.4, -0.2) is 33.0 Å². The number of nitrogens with zero attached hydrogens (tertiary/aromatic N) is 5. The molecule has 142 valence electrons. The van der Waals surface area contributed by atoms with Gasteiger partial charge in [-0.15, -0.1) is 10.2 Å². The van der Waals surface area contributed by atoms with Crippen LogP contribution in [0.1, 0.15) is 17.8 Å². The predicted molar refractivity (Wildman–Crippen MR) is 111 cm³/mol. The average Bonchev–Trinajstić information content (AvgIpc) is 3.09. The van der Waals surface area contributed by atoms with Crippen molar-refractivity contribution in [1.29, 1.82) is 5.26 Å². The van der Waals surface area contributed by atoms with Crippen LogP contribution in [0, 0.1) is 25.2 Å². The van der Waals surface area contributed by atoms with Crippen LogP contribution < -0.4 is 4.90 Å². The summed E-state index contributed by atoms with van der Waals surface area (Å²) in [4.78, 5) is 14.6. The van der Waals surface area contributed by atoms with Gasteiger partial charge in [-0.3, -0.25) is 9.36 Å². The Morgan fingerprint density at radius 1 is 1.11 bits per heavy atom. The summed E-state index contributed by atoms with van der Waals surface area (Å²) in [6.07, 6.45) is 0.281. The van der Waals surface area contributed by atoms with Gasteiger partial charge in [0, 0.05) is 17.9 Å². The summed E-state index contributed by atoms with van der Waals surface area (Å²) in [5.74, 6) is 0.912. The van der Waals surface area contributed by atoms with Gasteiger partial charge in [-0.2, -0.15) is 5.26 Å². The molecule has 0 bridgehead atoms. The molecule has 0 atom stereocenters. The maximum Gasteiger partial charge on any atom is 0.237 e. The van der Waals surface area contributed by atoms with Gasteiger partial charge in [0.15, 0.2) is 5.16 Å². The molecule has 0 aliphatic heterocycles. The van der Waals surface area contributed by atoms with Crippen LogP contribution >= 0.6 is 11.8 Å². The van der Waals surface area contributed by atoms with E-state index in [-0.39, 0.29) is 18.1 Å². The third-order valence-corrected chi connectivity index (χ3v) is 5.14. The second-order valence-corrected chi connectivity index (χ2v) is 7.22. The third-order valence-electron chi connectivity index (χ3n) is 4.23. The van der Waals surface area contributed by atoms with E-state index in [1.807, 2.05) is 73.0 Å². The number of carbonyl (C=O) groups excluding carboxylic acids is 1. The molecule has 0 aliphatic carbocycles. The Labute approximate surface area is 168 Å². The number of aryl methyl sites for hydroxylation is 2. The molecule has 3 rings (SSSR count). The summed E-state index contributed by atoms with van der Waals surface area (Å²) in [5, 5.41) is 18.0. The van der Waals surface area contributed by atoms with Crippen molar-refractivity contribution in [1.82, 2.24) is 14.8 Å². The van der Waals surface area contributed by atoms with Gasteiger partial charge in [0.05, 0.1) is 18.2 Å². The highest BCUT2D eigenvalue weighted by atomic mass is 32.2. The molecule has 1 heterocycles. The highest BCUT2D eigenvalue weighted by Gasteiger charge is 2.18. The number of anilines is 1. The Balaban J connectivity index is 1.77. The molecule has 0 N–H and O–H groups in total. The number of amides is 1. The lowest BCUT2D eigenvalue weighted by atomic mass is 10.2. The van der Waals surface area contributed by atoms with Crippen molar-refractivity contribution in [2.24, 2.45) is 0 Å². The minimum Gasteiger partial charge on any atom is -0.311 e. The Morgan fingerprint density at radius 2 is 1.82 bits per heavy atom. The molecular weight excluding hydrogens is 370 g/mol. The van der Waals surface area contributed by atoms with Crippen LogP contribution in [0.2, 0.25) is 0 Å². The molecule has 7 heteroatoms. The average molecular weight is 392 g/mol. The zero-order chi connectivity index (χ0) is 19.9. The monoisotopic (exact) mass is 391 g/mol. The van der Waals surface area contributed by atoms with Crippen molar-refractivity contribution in [2.45, 2.75) is 25.4 Å². The van der Waals surface area contributed by atoms with Crippen molar-refractivity contribution in [3.63, 3.8) is 0 Å². The van der Waals surface area contributed by atoms with E-state index in [2.05, 4.69) is 16.3 Å². The van der Waals surface area contributed by atoms with Crippen molar-refractivity contribution in [3.8, 4) is 11.8 Å². The second kappa shape index (κ2) is 9.20. The largest absolute Gasteiger partial charge is 0.311 e. The van der Waals surface area contributed by atoms with Crippen LogP contribution in [0.15, 0.2) is 59.8 Å². The zero-order valence-electron chi connectivity index (χ0n) is 15.9. The van der Waals surface area contributed by atoms with Gasteiger partial charge in [0.1, 0.15) is 5.82 Å². The molecule has 0 saturated heterocycles. The number of hydrogen-bond acceptors (Lipinski definition) is 5. The fourth-order valence-corrected chi connectivity index (χ4v) is 3.67. The number of hydrogen-bond donors (Lipinski definition) is 0. The van der Waals surface area contributed by atoms with Gasteiger partial charge in [-0.1, -0.05) is 47.7 Å². The molecule has 2 aromatic carbocycles. The number of thioether (sulfide) groups is 1. The first kappa shape index (κ1) is 19.6. The molecule has 0 unspecified atom stereocenters. The zero-order valence-corrected chi connectivity index (χ0v) is 16.7. The molecule has 0 fully saturated rings. The minimum absolute atomic E-state index is 0.0654. The number of para-hydroxylation sites is 1. The fraction of sp³-hybridized carbons (Fsp3) is 0.238. The molecule has 0 radical (unpaired) electrons. The van der Waals surface area contributed by atoms with Crippen LogP contribution in [0.4, 0.5) is 5.69 Å². The number of carbonyl (C=O) groups is 1. The van der Waals surface area contributed by atoms with Gasteiger partial charge >= 0.3 is 0 Å². The molecule has 3 aromatic rings. The summed E-state index contributed by atoms with van der Waals surface area (Å²) in [6.45, 7) is 4.25. The van der Waals surface area contributed by atoms with E-state index in [1.165, 1.54) is 11.8 Å². The van der Waals surface area contributed by atoms with E-state index in [1.54, 1.807) is 4.90 Å². The molecule has 1 amide bonds. The third kappa shape index (κ3) is 4.59. The van der Waals surface area contributed by atoms with Gasteiger partial charge in [0.25, 0.3) is 0 Å². The summed E-state index contributed by atoms with van der Waals surface area (Å²) in [5.41, 5.74) is 2.88. The van der Waals surface area contributed by atoms with Crippen molar-refractivity contribution in [2.75, 3.05) is 17.2 Å². The van der Waals surface area contributed by atoms with Gasteiger partial charge in [0.2, 0.25) is 5.91 Å². The normalized spacial score (nSPS) is 10.5. The van der Waals surface area contributed by atoms with Gasteiger partial charge < -0.3 is 4.90 Å². The SMILES string of the molecule is Cc1ccc(N(CCC#N)C(=O)CSc2nnc(C)n2-c2ccccc2)cc1. The van der Waals surface area contributed by atoms with Crippen LogP contribution in [0.3, 0.4) is 0 Å². The second-order valence-electron chi connectivity index (χ2n) is 6.28. The number of rotatable bonds is 7. The van der Waals surface area contributed by atoms with Crippen LogP contribution in [-0.2, 0) is 4.79 Å². The molecule has 0 saturated carbocycles. The maximum absolute atomic E-state index is 12.9. The van der Waals surface area contributed by atoms with E-state index in [9.17, 15) is 4.79 Å². The highest BCUT2D eigenvalue weighted by Crippen LogP contribution is 2.23. The Morgan fingerprint density at radius 3 is 2.50 bits per heavy atom. The standard InChI is InChI=1S/C21H21N5OS/c1-16-9-11-18(12-10-16)25(14-6-13-22)20(27)15-28-21-24-23-17(2)26(21)19-7-4-3-5-8-19/h3-5,7-12H,6,14-15H2,1-2H3. The molecular formula is C21H21N5OS. The lowest BCUT2D eigenvalue weighted by molar-refractivity contribution is -0.116. The van der Waals surface area contributed by atoms with Crippen molar-refractivity contribution < 1.29 is 4.79 Å². The van der Waals surface area contributed by atoms with E-state index in [4.69, 9.17) is 5.26 Å². The first-order valence-electron chi connectivity index (χ1n) is 8.94. The van der Waals surface area contributed by atoms with Gasteiger partial charge in [-0.05, 0) is 38.1 Å².